The number of amides is 1. The zero-order valence-corrected chi connectivity index (χ0v) is 18.5. The third-order valence-corrected chi connectivity index (χ3v) is 5.82. The van der Waals surface area contributed by atoms with Gasteiger partial charge < -0.3 is 14.8 Å². The molecule has 0 bridgehead atoms. The average Bonchev–Trinajstić information content (AvgIpc) is 2.83. The number of nitrogens with one attached hydrogen (secondary N) is 1. The number of carbonyl (C=O) groups is 1. The Morgan fingerprint density at radius 3 is 2.50 bits per heavy atom. The van der Waals surface area contributed by atoms with Crippen molar-refractivity contribution in [3.05, 3.63) is 71.8 Å². The fourth-order valence-electron chi connectivity index (χ4n) is 4.04. The molecule has 32 heavy (non-hydrogen) atoms. The molecule has 1 fully saturated rings. The standard InChI is InChI=1S/C25H30N4O3/c1-31-10-11-32-17-20-3-5-21-4-2-19(12-22(21)13-20)16-29-8-6-24(7-9-29)28-25(30)23-14-26-18-27-15-23/h2-5,12-15,18,24H,6-11,16-17H2,1H3,(H,28,30). The second kappa shape index (κ2) is 11.1. The van der Waals surface area contributed by atoms with Gasteiger partial charge in [0.05, 0.1) is 25.4 Å². The van der Waals surface area contributed by atoms with Crippen molar-refractivity contribution in [1.29, 1.82) is 0 Å². The zero-order chi connectivity index (χ0) is 22.2. The Morgan fingerprint density at radius 1 is 1.03 bits per heavy atom. The van der Waals surface area contributed by atoms with E-state index in [0.29, 0.717) is 25.4 Å². The lowest BCUT2D eigenvalue weighted by molar-refractivity contribution is 0.0617. The molecule has 7 heteroatoms. The van der Waals surface area contributed by atoms with Gasteiger partial charge in [-0.3, -0.25) is 9.69 Å². The molecule has 1 amide bonds. The molecule has 7 nitrogen and oxygen atoms in total. The summed E-state index contributed by atoms with van der Waals surface area (Å²) in [6.45, 7) is 4.64. The molecule has 0 atom stereocenters. The highest BCUT2D eigenvalue weighted by Gasteiger charge is 2.21. The minimum absolute atomic E-state index is 0.0967. The number of rotatable bonds is 9. The van der Waals surface area contributed by atoms with Crippen LogP contribution in [0.2, 0.25) is 0 Å². The predicted octanol–water partition coefficient (Wildman–Crippen LogP) is 3.19. The summed E-state index contributed by atoms with van der Waals surface area (Å²) in [5.74, 6) is -0.0967. The van der Waals surface area contributed by atoms with Crippen molar-refractivity contribution in [3.8, 4) is 0 Å². The molecule has 0 unspecified atom stereocenters. The van der Waals surface area contributed by atoms with Crippen LogP contribution in [0.3, 0.4) is 0 Å². The maximum atomic E-state index is 12.3. The lowest BCUT2D eigenvalue weighted by atomic mass is 10.0. The smallest absolute Gasteiger partial charge is 0.254 e. The molecular weight excluding hydrogens is 404 g/mol. The summed E-state index contributed by atoms with van der Waals surface area (Å²) in [6, 6.07) is 13.3. The van der Waals surface area contributed by atoms with Crippen molar-refractivity contribution >= 4 is 16.7 Å². The molecule has 1 aliphatic heterocycles. The van der Waals surface area contributed by atoms with Crippen LogP contribution in [-0.2, 0) is 22.6 Å². The van der Waals surface area contributed by atoms with E-state index in [1.54, 1.807) is 19.5 Å². The summed E-state index contributed by atoms with van der Waals surface area (Å²) in [5.41, 5.74) is 2.99. The SMILES string of the molecule is COCCOCc1ccc2ccc(CN3CCC(NC(=O)c4cncnc4)CC3)cc2c1. The summed E-state index contributed by atoms with van der Waals surface area (Å²) in [4.78, 5) is 22.6. The summed E-state index contributed by atoms with van der Waals surface area (Å²) < 4.78 is 10.7. The second-order valence-electron chi connectivity index (χ2n) is 8.21. The van der Waals surface area contributed by atoms with Gasteiger partial charge in [-0.25, -0.2) is 9.97 Å². The fraction of sp³-hybridized carbons (Fsp3) is 0.400. The highest BCUT2D eigenvalue weighted by Crippen LogP contribution is 2.21. The van der Waals surface area contributed by atoms with Crippen molar-refractivity contribution in [2.75, 3.05) is 33.4 Å². The first kappa shape index (κ1) is 22.3. The first-order valence-corrected chi connectivity index (χ1v) is 11.1. The quantitative estimate of drug-likeness (QED) is 0.521. The number of nitrogens with zero attached hydrogens (tertiary/aromatic N) is 3. The highest BCUT2D eigenvalue weighted by atomic mass is 16.5. The Bertz CT molecular complexity index is 1020. The molecule has 2 heterocycles. The van der Waals surface area contributed by atoms with E-state index >= 15 is 0 Å². The number of fused-ring (bicyclic) bond motifs is 1. The van der Waals surface area contributed by atoms with E-state index in [2.05, 4.69) is 56.6 Å². The van der Waals surface area contributed by atoms with Gasteiger partial charge in [-0.05, 0) is 46.9 Å². The predicted molar refractivity (Wildman–Crippen MR) is 123 cm³/mol. The average molecular weight is 435 g/mol. The molecule has 0 spiro atoms. The van der Waals surface area contributed by atoms with Gasteiger partial charge in [-0.15, -0.1) is 0 Å². The Morgan fingerprint density at radius 2 is 1.75 bits per heavy atom. The van der Waals surface area contributed by atoms with Crippen LogP contribution in [-0.4, -0.2) is 60.2 Å². The van der Waals surface area contributed by atoms with Gasteiger partial charge in [-0.1, -0.05) is 24.3 Å². The van der Waals surface area contributed by atoms with Crippen LogP contribution in [0.5, 0.6) is 0 Å². The summed E-state index contributed by atoms with van der Waals surface area (Å²) in [7, 11) is 1.68. The van der Waals surface area contributed by atoms with Crippen molar-refractivity contribution in [3.63, 3.8) is 0 Å². The van der Waals surface area contributed by atoms with Crippen LogP contribution < -0.4 is 5.32 Å². The van der Waals surface area contributed by atoms with E-state index in [1.165, 1.54) is 28.2 Å². The molecule has 0 radical (unpaired) electrons. The van der Waals surface area contributed by atoms with Crippen molar-refractivity contribution < 1.29 is 14.3 Å². The summed E-state index contributed by atoms with van der Waals surface area (Å²) in [6.07, 6.45) is 6.41. The molecule has 3 aromatic rings. The number of ether oxygens (including phenoxy) is 2. The van der Waals surface area contributed by atoms with Crippen LogP contribution in [0.25, 0.3) is 10.8 Å². The van der Waals surface area contributed by atoms with E-state index in [9.17, 15) is 4.79 Å². The molecule has 0 aliphatic carbocycles. The number of carbonyl (C=O) groups excluding carboxylic acids is 1. The lowest BCUT2D eigenvalue weighted by Crippen LogP contribution is -2.44. The van der Waals surface area contributed by atoms with Crippen LogP contribution >= 0.6 is 0 Å². The first-order chi connectivity index (χ1) is 15.7. The first-order valence-electron chi connectivity index (χ1n) is 11.1. The maximum absolute atomic E-state index is 12.3. The van der Waals surface area contributed by atoms with Gasteiger partial charge >= 0.3 is 0 Å². The van der Waals surface area contributed by atoms with Gasteiger partial charge in [0.15, 0.2) is 0 Å². The minimum atomic E-state index is -0.0967. The third kappa shape index (κ3) is 6.09. The summed E-state index contributed by atoms with van der Waals surface area (Å²) in [5, 5.41) is 5.58. The molecule has 1 N–H and O–H groups in total. The fourth-order valence-corrected chi connectivity index (χ4v) is 4.04. The number of aromatic nitrogens is 2. The minimum Gasteiger partial charge on any atom is -0.382 e. The number of benzene rings is 2. The monoisotopic (exact) mass is 434 g/mol. The van der Waals surface area contributed by atoms with E-state index in [1.807, 2.05) is 0 Å². The molecule has 1 saturated heterocycles. The lowest BCUT2D eigenvalue weighted by Gasteiger charge is -2.32. The zero-order valence-electron chi connectivity index (χ0n) is 18.5. The van der Waals surface area contributed by atoms with Crippen molar-refractivity contribution in [2.45, 2.75) is 32.0 Å². The number of likely N-dealkylation sites (tertiary alicyclic amines) is 1. The molecular formula is C25H30N4O3. The molecule has 168 valence electrons. The number of hydrogen-bond donors (Lipinski definition) is 1. The van der Waals surface area contributed by atoms with E-state index in [4.69, 9.17) is 9.47 Å². The van der Waals surface area contributed by atoms with Crippen molar-refractivity contribution in [2.24, 2.45) is 0 Å². The highest BCUT2D eigenvalue weighted by molar-refractivity contribution is 5.93. The summed E-state index contributed by atoms with van der Waals surface area (Å²) >= 11 is 0. The second-order valence-corrected chi connectivity index (χ2v) is 8.21. The molecule has 2 aromatic carbocycles. The van der Waals surface area contributed by atoms with E-state index in [0.717, 1.165) is 32.5 Å². The number of hydrogen-bond acceptors (Lipinski definition) is 6. The van der Waals surface area contributed by atoms with Crippen LogP contribution in [0, 0.1) is 0 Å². The third-order valence-electron chi connectivity index (χ3n) is 5.82. The normalized spacial score (nSPS) is 15.2. The van der Waals surface area contributed by atoms with Gasteiger partial charge in [0.25, 0.3) is 5.91 Å². The van der Waals surface area contributed by atoms with Crippen LogP contribution in [0.1, 0.15) is 34.3 Å². The Kier molecular flexibility index (Phi) is 7.77. The Hall–Kier alpha value is -2.87. The van der Waals surface area contributed by atoms with E-state index < -0.39 is 0 Å². The van der Waals surface area contributed by atoms with Gasteiger partial charge in [0, 0.05) is 45.2 Å². The molecule has 1 aliphatic rings. The van der Waals surface area contributed by atoms with Crippen molar-refractivity contribution in [1.82, 2.24) is 20.2 Å². The molecule has 0 saturated carbocycles. The Labute approximate surface area is 188 Å². The number of piperidine rings is 1. The van der Waals surface area contributed by atoms with Crippen LogP contribution in [0.15, 0.2) is 55.1 Å². The maximum Gasteiger partial charge on any atom is 0.254 e. The van der Waals surface area contributed by atoms with E-state index in [-0.39, 0.29) is 11.9 Å². The van der Waals surface area contributed by atoms with Gasteiger partial charge in [-0.2, -0.15) is 0 Å². The largest absolute Gasteiger partial charge is 0.382 e. The van der Waals surface area contributed by atoms with Crippen LogP contribution in [0.4, 0.5) is 0 Å². The van der Waals surface area contributed by atoms with Gasteiger partial charge in [0.1, 0.15) is 6.33 Å². The van der Waals surface area contributed by atoms with Gasteiger partial charge in [0.2, 0.25) is 0 Å². The number of methoxy groups -OCH3 is 1. The topological polar surface area (TPSA) is 76.6 Å². The Balaban J connectivity index is 1.29. The molecule has 4 rings (SSSR count). The molecule has 1 aromatic heterocycles.